The minimum atomic E-state index is -1.40. The Morgan fingerprint density at radius 3 is 2.02 bits per heavy atom. The Hall–Kier alpha value is -4.84. The van der Waals surface area contributed by atoms with E-state index in [1.54, 1.807) is 31.2 Å². The first-order valence-electron chi connectivity index (χ1n) is 13.2. The molecule has 0 fully saturated rings. The first-order valence-corrected chi connectivity index (χ1v) is 13.2. The van der Waals surface area contributed by atoms with Gasteiger partial charge in [0.1, 0.15) is 17.3 Å². The fraction of sp³-hybridized carbons (Fsp3) is 0.176. The van der Waals surface area contributed by atoms with Crippen molar-refractivity contribution in [2.24, 2.45) is 0 Å². The summed E-state index contributed by atoms with van der Waals surface area (Å²) in [5, 5.41) is 9.83. The van der Waals surface area contributed by atoms with Gasteiger partial charge in [0, 0.05) is 18.4 Å². The summed E-state index contributed by atoms with van der Waals surface area (Å²) in [5.74, 6) is 1.45. The van der Waals surface area contributed by atoms with Crippen LogP contribution in [0.4, 0.5) is 0 Å². The minimum absolute atomic E-state index is 0.248. The van der Waals surface area contributed by atoms with Crippen molar-refractivity contribution in [2.45, 2.75) is 32.3 Å². The van der Waals surface area contributed by atoms with Gasteiger partial charge in [0.2, 0.25) is 11.5 Å². The van der Waals surface area contributed by atoms with Crippen molar-refractivity contribution < 1.29 is 23.8 Å². The predicted octanol–water partition coefficient (Wildman–Crippen LogP) is 7.40. The Bertz CT molecular complexity index is 1540. The number of oxazole rings is 1. The number of benzene rings is 4. The first-order chi connectivity index (χ1) is 19.4. The van der Waals surface area contributed by atoms with Crippen molar-refractivity contribution in [1.82, 2.24) is 4.98 Å². The summed E-state index contributed by atoms with van der Waals surface area (Å²) in [4.78, 5) is 16.7. The van der Waals surface area contributed by atoms with Crippen LogP contribution in [-0.2, 0) is 17.6 Å². The largest absolute Gasteiger partial charge is 0.493 e. The van der Waals surface area contributed by atoms with E-state index in [1.165, 1.54) is 0 Å². The van der Waals surface area contributed by atoms with Crippen LogP contribution in [0.3, 0.4) is 0 Å². The van der Waals surface area contributed by atoms with E-state index in [2.05, 4.69) is 24.3 Å². The number of nitrogens with zero attached hydrogens (tertiary/aromatic N) is 1. The van der Waals surface area contributed by atoms with Crippen LogP contribution in [0.5, 0.6) is 11.5 Å². The highest BCUT2D eigenvalue weighted by atomic mass is 16.5. The highest BCUT2D eigenvalue weighted by molar-refractivity contribution is 5.78. The third kappa shape index (κ3) is 6.41. The molecule has 4 aromatic carbocycles. The maximum absolute atomic E-state index is 12.0. The zero-order valence-corrected chi connectivity index (χ0v) is 22.5. The van der Waals surface area contributed by atoms with Gasteiger partial charge in [0.25, 0.3) is 0 Å². The van der Waals surface area contributed by atoms with E-state index in [-0.39, 0.29) is 6.42 Å². The zero-order chi connectivity index (χ0) is 28.0. The lowest BCUT2D eigenvalue weighted by molar-refractivity contribution is -0.153. The van der Waals surface area contributed by atoms with Gasteiger partial charge in [-0.3, -0.25) is 0 Å². The maximum atomic E-state index is 12.0. The van der Waals surface area contributed by atoms with Crippen molar-refractivity contribution in [2.75, 3.05) is 6.61 Å². The van der Waals surface area contributed by atoms with Crippen molar-refractivity contribution in [1.29, 1.82) is 0 Å². The summed E-state index contributed by atoms with van der Waals surface area (Å²) >= 11 is 0. The third-order valence-electron chi connectivity index (χ3n) is 6.74. The molecule has 0 aliphatic carbocycles. The van der Waals surface area contributed by atoms with E-state index in [9.17, 15) is 9.90 Å². The van der Waals surface area contributed by atoms with Crippen molar-refractivity contribution in [3.8, 4) is 34.1 Å². The van der Waals surface area contributed by atoms with Crippen LogP contribution in [-0.4, -0.2) is 28.3 Å². The van der Waals surface area contributed by atoms with Gasteiger partial charge < -0.3 is 19.0 Å². The van der Waals surface area contributed by atoms with E-state index < -0.39 is 11.6 Å². The molecule has 0 saturated carbocycles. The van der Waals surface area contributed by atoms with E-state index in [1.807, 2.05) is 67.6 Å². The highest BCUT2D eigenvalue weighted by Crippen LogP contribution is 2.27. The summed E-state index contributed by atoms with van der Waals surface area (Å²) in [6, 6.07) is 34.9. The number of aryl methyl sites for hydroxylation is 1. The molecule has 6 heteroatoms. The molecule has 1 aromatic heterocycles. The molecule has 0 aliphatic rings. The van der Waals surface area contributed by atoms with Gasteiger partial charge in [-0.1, -0.05) is 72.8 Å². The second-order valence-electron chi connectivity index (χ2n) is 9.84. The number of rotatable bonds is 11. The van der Waals surface area contributed by atoms with Crippen LogP contribution in [0.15, 0.2) is 114 Å². The minimum Gasteiger partial charge on any atom is -0.493 e. The van der Waals surface area contributed by atoms with Gasteiger partial charge in [0.15, 0.2) is 0 Å². The quantitative estimate of drug-likeness (QED) is 0.190. The van der Waals surface area contributed by atoms with E-state index >= 15 is 0 Å². The molecule has 0 amide bonds. The SMILES string of the molecule is Cc1oc(-c2ccc(-c3ccccc3)cc2)nc1CCOc1ccc(OC(C)(Cc2ccccc2)C(=O)O)cc1. The number of carboxylic acid groups (broad SMARTS) is 1. The maximum Gasteiger partial charge on any atom is 0.348 e. The number of hydrogen-bond acceptors (Lipinski definition) is 5. The van der Waals surface area contributed by atoms with Crippen LogP contribution in [0, 0.1) is 6.92 Å². The van der Waals surface area contributed by atoms with Crippen LogP contribution >= 0.6 is 0 Å². The standard InChI is InChI=1S/C34H31NO5/c1-24-31(35-32(39-24)28-15-13-27(14-16-28)26-11-7-4-8-12-26)21-22-38-29-17-19-30(20-18-29)40-34(2,33(36)37)23-25-9-5-3-6-10-25/h3-20H,21-23H2,1-2H3,(H,36,37). The number of aliphatic carboxylic acids is 1. The van der Waals surface area contributed by atoms with E-state index in [0.29, 0.717) is 30.4 Å². The molecule has 1 heterocycles. The number of hydrogen-bond donors (Lipinski definition) is 1. The molecule has 0 bridgehead atoms. The molecule has 0 spiro atoms. The molecule has 5 rings (SSSR count). The van der Waals surface area contributed by atoms with Crippen molar-refractivity contribution in [3.63, 3.8) is 0 Å². The number of ether oxygens (including phenoxy) is 2. The Balaban J connectivity index is 1.17. The number of carboxylic acids is 1. The lowest BCUT2D eigenvalue weighted by Gasteiger charge is -2.26. The Kier molecular flexibility index (Phi) is 7.97. The Morgan fingerprint density at radius 2 is 1.38 bits per heavy atom. The summed E-state index contributed by atoms with van der Waals surface area (Å²) in [5.41, 5.74) is 3.57. The van der Waals surface area contributed by atoms with E-state index in [4.69, 9.17) is 18.9 Å². The van der Waals surface area contributed by atoms with Gasteiger partial charge in [0.05, 0.1) is 12.3 Å². The average molecular weight is 534 g/mol. The van der Waals surface area contributed by atoms with Crippen LogP contribution in [0.2, 0.25) is 0 Å². The average Bonchev–Trinajstić information content (AvgIpc) is 3.35. The molecular weight excluding hydrogens is 502 g/mol. The molecule has 40 heavy (non-hydrogen) atoms. The second kappa shape index (κ2) is 11.9. The molecule has 0 saturated heterocycles. The number of aromatic nitrogens is 1. The smallest absolute Gasteiger partial charge is 0.348 e. The third-order valence-corrected chi connectivity index (χ3v) is 6.74. The highest BCUT2D eigenvalue weighted by Gasteiger charge is 2.36. The second-order valence-corrected chi connectivity index (χ2v) is 9.84. The summed E-state index contributed by atoms with van der Waals surface area (Å²) in [6.07, 6.45) is 0.835. The summed E-state index contributed by atoms with van der Waals surface area (Å²) < 4.78 is 17.8. The normalized spacial score (nSPS) is 12.4. The lowest BCUT2D eigenvalue weighted by atomic mass is 9.96. The van der Waals surface area contributed by atoms with Crippen LogP contribution in [0.25, 0.3) is 22.6 Å². The van der Waals surface area contributed by atoms with Crippen LogP contribution in [0.1, 0.15) is 23.9 Å². The van der Waals surface area contributed by atoms with Gasteiger partial charge >= 0.3 is 5.97 Å². The van der Waals surface area contributed by atoms with Gasteiger partial charge in [-0.2, -0.15) is 0 Å². The van der Waals surface area contributed by atoms with Crippen molar-refractivity contribution >= 4 is 5.97 Å². The summed E-state index contributed by atoms with van der Waals surface area (Å²) in [7, 11) is 0. The predicted molar refractivity (Wildman–Crippen MR) is 155 cm³/mol. The van der Waals surface area contributed by atoms with Crippen molar-refractivity contribution in [3.05, 3.63) is 126 Å². The topological polar surface area (TPSA) is 81.8 Å². The van der Waals surface area contributed by atoms with Gasteiger partial charge in [-0.25, -0.2) is 9.78 Å². The fourth-order valence-corrected chi connectivity index (χ4v) is 4.49. The zero-order valence-electron chi connectivity index (χ0n) is 22.5. The van der Waals surface area contributed by atoms with Crippen LogP contribution < -0.4 is 9.47 Å². The lowest BCUT2D eigenvalue weighted by Crippen LogP contribution is -2.43. The first kappa shape index (κ1) is 26.8. The molecule has 1 unspecified atom stereocenters. The monoisotopic (exact) mass is 533 g/mol. The fourth-order valence-electron chi connectivity index (χ4n) is 4.49. The molecular formula is C34H31NO5. The molecule has 5 aromatic rings. The molecule has 0 aliphatic heterocycles. The van der Waals surface area contributed by atoms with E-state index in [0.717, 1.165) is 33.7 Å². The Morgan fingerprint density at radius 1 is 0.800 bits per heavy atom. The molecule has 0 radical (unpaired) electrons. The molecule has 202 valence electrons. The van der Waals surface area contributed by atoms with Gasteiger partial charge in [-0.15, -0.1) is 0 Å². The molecule has 1 N–H and O–H groups in total. The van der Waals surface area contributed by atoms with Gasteiger partial charge in [-0.05, 0) is 66.9 Å². The molecule has 1 atom stereocenters. The molecule has 6 nitrogen and oxygen atoms in total. The summed E-state index contributed by atoms with van der Waals surface area (Å²) in [6.45, 7) is 3.91. The Labute approximate surface area is 233 Å². The number of carbonyl (C=O) groups is 1.